The molecule has 3 rings (SSSR count). The third-order valence-corrected chi connectivity index (χ3v) is 5.34. The van der Waals surface area contributed by atoms with Gasteiger partial charge in [0.2, 0.25) is 0 Å². The summed E-state index contributed by atoms with van der Waals surface area (Å²) in [5.41, 5.74) is 2.16. The highest BCUT2D eigenvalue weighted by molar-refractivity contribution is 7.19. The molecule has 0 radical (unpaired) electrons. The van der Waals surface area contributed by atoms with E-state index >= 15 is 0 Å². The van der Waals surface area contributed by atoms with Gasteiger partial charge in [0.25, 0.3) is 5.69 Å². The van der Waals surface area contributed by atoms with Gasteiger partial charge in [0.05, 0.1) is 15.1 Å². The van der Waals surface area contributed by atoms with Gasteiger partial charge in [-0.15, -0.1) is 11.3 Å². The molecule has 0 aliphatic carbocycles. The number of hydrogen-bond donors (Lipinski definition) is 1. The molecule has 0 aliphatic heterocycles. The lowest BCUT2D eigenvalue weighted by molar-refractivity contribution is -0.384. The van der Waals surface area contributed by atoms with Gasteiger partial charge in [-0.2, -0.15) is 0 Å². The molecule has 0 aliphatic rings. The first kappa shape index (κ1) is 19.0. The second kappa shape index (κ2) is 8.28. The van der Waals surface area contributed by atoms with E-state index in [-0.39, 0.29) is 17.1 Å². The number of aliphatic carboxylic acids is 1. The third-order valence-electron chi connectivity index (χ3n) is 3.91. The minimum Gasteiger partial charge on any atom is -0.481 e. The van der Waals surface area contributed by atoms with Crippen molar-refractivity contribution in [1.29, 1.82) is 0 Å². The number of hydrogen-bond acceptors (Lipinski definition) is 5. The summed E-state index contributed by atoms with van der Waals surface area (Å²) in [6.07, 6.45) is 2.81. The number of para-hydroxylation sites is 1. The van der Waals surface area contributed by atoms with Crippen molar-refractivity contribution in [2.24, 2.45) is 0 Å². The van der Waals surface area contributed by atoms with Crippen molar-refractivity contribution < 1.29 is 14.8 Å². The number of fused-ring (bicyclic) bond motifs is 1. The number of nitro groups is 1. The predicted molar refractivity (Wildman–Crippen MR) is 107 cm³/mol. The molecule has 27 heavy (non-hydrogen) atoms. The summed E-state index contributed by atoms with van der Waals surface area (Å²) in [5, 5.41) is 20.9. The van der Waals surface area contributed by atoms with Crippen LogP contribution in [0.3, 0.4) is 0 Å². The summed E-state index contributed by atoms with van der Waals surface area (Å²) in [6, 6.07) is 12.3. The largest absolute Gasteiger partial charge is 0.481 e. The van der Waals surface area contributed by atoms with E-state index in [0.717, 1.165) is 20.8 Å². The van der Waals surface area contributed by atoms with E-state index in [1.54, 1.807) is 6.07 Å². The average molecular weight is 403 g/mol. The fraction of sp³-hybridized carbons (Fsp3) is 0.158. The lowest BCUT2D eigenvalue weighted by atomic mass is 10.0. The highest BCUT2D eigenvalue weighted by Crippen LogP contribution is 2.33. The van der Waals surface area contributed by atoms with Gasteiger partial charge in [-0.25, -0.2) is 4.98 Å². The van der Waals surface area contributed by atoms with E-state index in [1.807, 2.05) is 30.3 Å². The summed E-state index contributed by atoms with van der Waals surface area (Å²) in [6.45, 7) is 0. The van der Waals surface area contributed by atoms with Crippen LogP contribution in [0.1, 0.15) is 29.8 Å². The molecular weight excluding hydrogens is 388 g/mol. The van der Waals surface area contributed by atoms with Crippen molar-refractivity contribution >= 4 is 56.5 Å². The molecule has 0 spiro atoms. The molecule has 1 N–H and O–H groups in total. The van der Waals surface area contributed by atoms with E-state index in [2.05, 4.69) is 4.98 Å². The minimum absolute atomic E-state index is 0.0446. The monoisotopic (exact) mass is 402 g/mol. The predicted octanol–water partition coefficient (Wildman–Crippen LogP) is 5.65. The Hall–Kier alpha value is -2.77. The van der Waals surface area contributed by atoms with Gasteiger partial charge in [-0.05, 0) is 48.3 Å². The molecule has 2 aromatic carbocycles. The normalized spacial score (nSPS) is 11.7. The standard InChI is InChI=1S/C19H15ClN2O4S/c20-14-9-8-12(11-16(14)22(25)26)10-13(4-3-7-18(23)24)19-21-15-5-1-2-6-17(15)27-19/h1-2,5-6,8-11H,3-4,7H2,(H,23,24)/b13-10+. The molecule has 3 aromatic rings. The number of thiazole rings is 1. The van der Waals surface area contributed by atoms with E-state index < -0.39 is 10.9 Å². The fourth-order valence-electron chi connectivity index (χ4n) is 2.64. The Bertz CT molecular complexity index is 1010. The first-order valence-corrected chi connectivity index (χ1v) is 9.36. The number of benzene rings is 2. The van der Waals surface area contributed by atoms with Crippen LogP contribution in [0.15, 0.2) is 42.5 Å². The van der Waals surface area contributed by atoms with Crippen LogP contribution >= 0.6 is 22.9 Å². The molecule has 1 heterocycles. The highest BCUT2D eigenvalue weighted by Gasteiger charge is 2.14. The number of rotatable bonds is 7. The van der Waals surface area contributed by atoms with Crippen LogP contribution in [-0.4, -0.2) is 21.0 Å². The van der Waals surface area contributed by atoms with Gasteiger partial charge in [0.15, 0.2) is 0 Å². The fourth-order valence-corrected chi connectivity index (χ4v) is 3.84. The molecular formula is C19H15ClN2O4S. The summed E-state index contributed by atoms with van der Waals surface area (Å²) < 4.78 is 1.03. The minimum atomic E-state index is -0.860. The van der Waals surface area contributed by atoms with Gasteiger partial charge in [0.1, 0.15) is 10.0 Å². The summed E-state index contributed by atoms with van der Waals surface area (Å²) in [4.78, 5) is 26.1. The Balaban J connectivity index is 2.00. The zero-order chi connectivity index (χ0) is 19.4. The first-order chi connectivity index (χ1) is 12.9. The zero-order valence-corrected chi connectivity index (χ0v) is 15.7. The van der Waals surface area contributed by atoms with Gasteiger partial charge < -0.3 is 5.11 Å². The van der Waals surface area contributed by atoms with Crippen molar-refractivity contribution in [3.05, 3.63) is 68.2 Å². The maximum Gasteiger partial charge on any atom is 0.303 e. The quantitative estimate of drug-likeness (QED) is 0.407. The Morgan fingerprint density at radius 2 is 2.04 bits per heavy atom. The number of aromatic nitrogens is 1. The molecule has 0 fully saturated rings. The van der Waals surface area contributed by atoms with Crippen LogP contribution < -0.4 is 0 Å². The molecule has 1 aromatic heterocycles. The van der Waals surface area contributed by atoms with E-state index in [0.29, 0.717) is 18.4 Å². The van der Waals surface area contributed by atoms with E-state index in [4.69, 9.17) is 16.7 Å². The van der Waals surface area contributed by atoms with Crippen molar-refractivity contribution in [3.63, 3.8) is 0 Å². The van der Waals surface area contributed by atoms with Crippen molar-refractivity contribution in [1.82, 2.24) is 4.98 Å². The van der Waals surface area contributed by atoms with Crippen molar-refractivity contribution in [3.8, 4) is 0 Å². The van der Waals surface area contributed by atoms with Crippen LogP contribution in [0.2, 0.25) is 5.02 Å². The summed E-state index contributed by atoms with van der Waals surface area (Å²) >= 11 is 7.39. The van der Waals surface area contributed by atoms with Crippen LogP contribution in [0.5, 0.6) is 0 Å². The summed E-state index contributed by atoms with van der Waals surface area (Å²) in [5.74, 6) is -0.860. The number of carboxylic acid groups (broad SMARTS) is 1. The van der Waals surface area contributed by atoms with Crippen LogP contribution in [0, 0.1) is 10.1 Å². The molecule has 0 unspecified atom stereocenters. The molecule has 6 nitrogen and oxygen atoms in total. The number of nitrogens with zero attached hydrogens (tertiary/aromatic N) is 2. The van der Waals surface area contributed by atoms with Crippen LogP contribution in [0.4, 0.5) is 5.69 Å². The highest BCUT2D eigenvalue weighted by atomic mass is 35.5. The van der Waals surface area contributed by atoms with Crippen LogP contribution in [0.25, 0.3) is 21.9 Å². The molecule has 0 atom stereocenters. The Morgan fingerprint density at radius 3 is 2.74 bits per heavy atom. The number of carbonyl (C=O) groups is 1. The van der Waals surface area contributed by atoms with Crippen molar-refractivity contribution in [2.45, 2.75) is 19.3 Å². The van der Waals surface area contributed by atoms with E-state index in [9.17, 15) is 14.9 Å². The Kier molecular flexibility index (Phi) is 5.83. The lowest BCUT2D eigenvalue weighted by Gasteiger charge is -2.05. The average Bonchev–Trinajstić information content (AvgIpc) is 3.06. The SMILES string of the molecule is O=C(O)CCC/C(=C\c1ccc(Cl)c([N+](=O)[O-])c1)c1nc2ccccc2s1. The smallest absolute Gasteiger partial charge is 0.303 e. The van der Waals surface area contributed by atoms with Crippen molar-refractivity contribution in [2.75, 3.05) is 0 Å². The van der Waals surface area contributed by atoms with Gasteiger partial charge in [-0.3, -0.25) is 14.9 Å². The third kappa shape index (κ3) is 4.69. The maximum atomic E-state index is 11.1. The second-order valence-corrected chi connectivity index (χ2v) is 7.31. The topological polar surface area (TPSA) is 93.3 Å². The molecule has 138 valence electrons. The number of carboxylic acids is 1. The second-order valence-electron chi connectivity index (χ2n) is 5.87. The zero-order valence-electron chi connectivity index (χ0n) is 14.1. The van der Waals surface area contributed by atoms with Gasteiger partial charge in [-0.1, -0.05) is 29.8 Å². The summed E-state index contributed by atoms with van der Waals surface area (Å²) in [7, 11) is 0. The molecule has 0 amide bonds. The lowest BCUT2D eigenvalue weighted by Crippen LogP contribution is -1.95. The van der Waals surface area contributed by atoms with Crippen LogP contribution in [-0.2, 0) is 4.79 Å². The Morgan fingerprint density at radius 1 is 1.26 bits per heavy atom. The molecule has 8 heteroatoms. The molecule has 0 saturated carbocycles. The molecule has 0 saturated heterocycles. The first-order valence-electron chi connectivity index (χ1n) is 8.16. The van der Waals surface area contributed by atoms with Gasteiger partial charge in [0, 0.05) is 12.5 Å². The van der Waals surface area contributed by atoms with E-state index in [1.165, 1.54) is 23.5 Å². The number of nitro benzene ring substituents is 1. The molecule has 0 bridgehead atoms. The Labute approximate surface area is 163 Å². The number of halogens is 1. The van der Waals surface area contributed by atoms with Gasteiger partial charge >= 0.3 is 5.97 Å². The number of allylic oxidation sites excluding steroid dienone is 1. The maximum absolute atomic E-state index is 11.1.